The highest BCUT2D eigenvalue weighted by atomic mass is 16.5. The maximum absolute atomic E-state index is 6.40. The minimum atomic E-state index is 0.218. The molecule has 0 bridgehead atoms. The summed E-state index contributed by atoms with van der Waals surface area (Å²) in [6, 6.07) is 11.3. The number of hydrogen-bond donors (Lipinski definition) is 0. The first kappa shape index (κ1) is 14.8. The molecule has 2 aromatic carbocycles. The molecule has 0 amide bonds. The molecule has 2 aliphatic rings. The van der Waals surface area contributed by atoms with Crippen LogP contribution in [0.25, 0.3) is 0 Å². The summed E-state index contributed by atoms with van der Waals surface area (Å²) in [5, 5.41) is 0. The van der Waals surface area contributed by atoms with Gasteiger partial charge in [0.2, 0.25) is 0 Å². The highest BCUT2D eigenvalue weighted by Crippen LogP contribution is 2.38. The van der Waals surface area contributed by atoms with E-state index >= 15 is 0 Å². The summed E-state index contributed by atoms with van der Waals surface area (Å²) < 4.78 is 6.40. The average Bonchev–Trinajstić information content (AvgIpc) is 2.90. The van der Waals surface area contributed by atoms with Gasteiger partial charge in [0.1, 0.15) is 11.9 Å². The molecule has 0 fully saturated rings. The third kappa shape index (κ3) is 2.76. The van der Waals surface area contributed by atoms with Crippen molar-refractivity contribution in [2.75, 3.05) is 13.6 Å². The Balaban J connectivity index is 1.59. The van der Waals surface area contributed by atoms with Gasteiger partial charge >= 0.3 is 0 Å². The Morgan fingerprint density at radius 1 is 1.00 bits per heavy atom. The van der Waals surface area contributed by atoms with Crippen LogP contribution in [-0.4, -0.2) is 18.5 Å². The van der Waals surface area contributed by atoms with Crippen LogP contribution in [0.5, 0.6) is 5.75 Å². The summed E-state index contributed by atoms with van der Waals surface area (Å²) in [7, 11) is 2.19. The van der Waals surface area contributed by atoms with Gasteiger partial charge in [0.25, 0.3) is 0 Å². The number of benzene rings is 2. The van der Waals surface area contributed by atoms with Crippen LogP contribution in [0, 0.1) is 13.8 Å². The third-order valence-electron chi connectivity index (χ3n) is 5.27. The summed E-state index contributed by atoms with van der Waals surface area (Å²) in [6.07, 6.45) is 3.58. The van der Waals surface area contributed by atoms with Gasteiger partial charge in [-0.05, 0) is 80.1 Å². The van der Waals surface area contributed by atoms with Crippen LogP contribution in [0.15, 0.2) is 30.3 Å². The third-order valence-corrected chi connectivity index (χ3v) is 5.27. The van der Waals surface area contributed by atoms with Crippen molar-refractivity contribution >= 4 is 0 Å². The van der Waals surface area contributed by atoms with Crippen LogP contribution in [0.4, 0.5) is 0 Å². The number of rotatable bonds is 2. The molecular weight excluding hydrogens is 282 g/mol. The van der Waals surface area contributed by atoms with E-state index in [1.807, 2.05) is 0 Å². The molecule has 2 nitrogen and oxygen atoms in total. The molecule has 4 rings (SSSR count). The van der Waals surface area contributed by atoms with Gasteiger partial charge in [-0.25, -0.2) is 0 Å². The largest absolute Gasteiger partial charge is 0.486 e. The van der Waals surface area contributed by atoms with Crippen LogP contribution in [0.2, 0.25) is 0 Å². The molecule has 0 spiro atoms. The molecule has 2 aromatic rings. The van der Waals surface area contributed by atoms with Crippen molar-refractivity contribution in [3.63, 3.8) is 0 Å². The number of nitrogens with zero attached hydrogens (tertiary/aromatic N) is 1. The van der Waals surface area contributed by atoms with Gasteiger partial charge in [-0.1, -0.05) is 23.8 Å². The molecule has 1 heterocycles. The molecule has 1 aliphatic heterocycles. The van der Waals surface area contributed by atoms with Gasteiger partial charge in [-0.3, -0.25) is 0 Å². The summed E-state index contributed by atoms with van der Waals surface area (Å²) in [6.45, 7) is 6.60. The minimum Gasteiger partial charge on any atom is -0.486 e. The molecule has 0 saturated heterocycles. The van der Waals surface area contributed by atoms with Gasteiger partial charge in [0.15, 0.2) is 0 Å². The lowest BCUT2D eigenvalue weighted by Crippen LogP contribution is -2.26. The lowest BCUT2D eigenvalue weighted by Gasteiger charge is -2.26. The summed E-state index contributed by atoms with van der Waals surface area (Å²) >= 11 is 0. The molecule has 1 unspecified atom stereocenters. The predicted molar refractivity (Wildman–Crippen MR) is 94.1 cm³/mol. The smallest absolute Gasteiger partial charge is 0.125 e. The molecular formula is C21H25NO. The first-order valence-corrected chi connectivity index (χ1v) is 8.67. The van der Waals surface area contributed by atoms with Crippen LogP contribution in [0.3, 0.4) is 0 Å². The molecule has 2 heteroatoms. The normalized spacial score (nSPS) is 20.2. The number of hydrogen-bond acceptors (Lipinski definition) is 2. The molecule has 120 valence electrons. The monoisotopic (exact) mass is 307 g/mol. The Morgan fingerprint density at radius 2 is 1.87 bits per heavy atom. The van der Waals surface area contributed by atoms with Crippen LogP contribution in [0.1, 0.15) is 45.9 Å². The second-order valence-corrected chi connectivity index (χ2v) is 7.22. The van der Waals surface area contributed by atoms with E-state index in [2.05, 4.69) is 56.1 Å². The van der Waals surface area contributed by atoms with Crippen molar-refractivity contribution < 1.29 is 4.74 Å². The van der Waals surface area contributed by atoms with E-state index in [9.17, 15) is 0 Å². The highest BCUT2D eigenvalue weighted by molar-refractivity contribution is 5.44. The van der Waals surface area contributed by atoms with E-state index in [-0.39, 0.29) is 6.10 Å². The van der Waals surface area contributed by atoms with E-state index < -0.39 is 0 Å². The van der Waals surface area contributed by atoms with Crippen LogP contribution < -0.4 is 4.74 Å². The van der Waals surface area contributed by atoms with Crippen molar-refractivity contribution in [1.82, 2.24) is 4.90 Å². The van der Waals surface area contributed by atoms with Crippen molar-refractivity contribution in [3.8, 4) is 5.75 Å². The Hall–Kier alpha value is -1.80. The maximum atomic E-state index is 6.40. The summed E-state index contributed by atoms with van der Waals surface area (Å²) in [5.41, 5.74) is 8.55. The van der Waals surface area contributed by atoms with Crippen molar-refractivity contribution in [2.24, 2.45) is 0 Å². The maximum Gasteiger partial charge on any atom is 0.125 e. The Morgan fingerprint density at radius 3 is 2.74 bits per heavy atom. The van der Waals surface area contributed by atoms with E-state index in [4.69, 9.17) is 4.74 Å². The van der Waals surface area contributed by atoms with E-state index in [1.165, 1.54) is 33.4 Å². The molecule has 0 saturated carbocycles. The molecule has 23 heavy (non-hydrogen) atoms. The van der Waals surface area contributed by atoms with E-state index in [0.29, 0.717) is 0 Å². The molecule has 1 atom stereocenters. The zero-order chi connectivity index (χ0) is 16.0. The topological polar surface area (TPSA) is 12.5 Å². The fourth-order valence-electron chi connectivity index (χ4n) is 4.19. The molecule has 0 aromatic heterocycles. The first-order valence-electron chi connectivity index (χ1n) is 8.67. The lowest BCUT2D eigenvalue weighted by molar-refractivity contribution is 0.206. The average molecular weight is 307 g/mol. The van der Waals surface area contributed by atoms with Gasteiger partial charge in [-0.2, -0.15) is 0 Å². The Bertz CT molecular complexity index is 750. The molecule has 0 N–H and O–H groups in total. The standard InChI is InChI=1S/C21H25NO/c1-14-10-15(2)21-17(11-14)5-7-20(21)23-19-6-4-18-13-22(3)9-8-16(18)12-19/h4,6,10-12,20H,5,7-9,13H2,1-3H3. The van der Waals surface area contributed by atoms with Crippen molar-refractivity contribution in [2.45, 2.75) is 45.8 Å². The lowest BCUT2D eigenvalue weighted by atomic mass is 9.99. The fourth-order valence-corrected chi connectivity index (χ4v) is 4.19. The number of fused-ring (bicyclic) bond motifs is 2. The van der Waals surface area contributed by atoms with Crippen molar-refractivity contribution in [3.05, 3.63) is 63.7 Å². The van der Waals surface area contributed by atoms with Crippen molar-refractivity contribution in [1.29, 1.82) is 0 Å². The van der Waals surface area contributed by atoms with E-state index in [0.717, 1.165) is 38.1 Å². The first-order chi connectivity index (χ1) is 11.1. The number of likely N-dealkylation sites (N-methyl/N-ethyl adjacent to an activating group) is 1. The van der Waals surface area contributed by atoms with Crippen LogP contribution >= 0.6 is 0 Å². The van der Waals surface area contributed by atoms with Gasteiger partial charge in [-0.15, -0.1) is 0 Å². The SMILES string of the molecule is Cc1cc(C)c2c(c1)CCC2Oc1ccc2c(c1)CCN(C)C2. The predicted octanol–water partition coefficient (Wildman–Crippen LogP) is 4.36. The Kier molecular flexibility index (Phi) is 3.65. The quantitative estimate of drug-likeness (QED) is 0.817. The van der Waals surface area contributed by atoms with E-state index in [1.54, 1.807) is 0 Å². The van der Waals surface area contributed by atoms with Gasteiger partial charge in [0.05, 0.1) is 0 Å². The van der Waals surface area contributed by atoms with Gasteiger partial charge in [0, 0.05) is 13.1 Å². The Labute approximate surface area is 139 Å². The molecule has 0 radical (unpaired) electrons. The summed E-state index contributed by atoms with van der Waals surface area (Å²) in [4.78, 5) is 2.38. The van der Waals surface area contributed by atoms with Crippen LogP contribution in [-0.2, 0) is 19.4 Å². The fraction of sp³-hybridized carbons (Fsp3) is 0.429. The minimum absolute atomic E-state index is 0.218. The second kappa shape index (κ2) is 5.68. The summed E-state index contributed by atoms with van der Waals surface area (Å²) in [5.74, 6) is 1.03. The second-order valence-electron chi connectivity index (χ2n) is 7.22. The zero-order valence-electron chi connectivity index (χ0n) is 14.4. The zero-order valence-corrected chi connectivity index (χ0v) is 14.4. The molecule has 1 aliphatic carbocycles. The number of ether oxygens (including phenoxy) is 1. The van der Waals surface area contributed by atoms with Gasteiger partial charge < -0.3 is 9.64 Å². The number of aryl methyl sites for hydroxylation is 3. The highest BCUT2D eigenvalue weighted by Gasteiger charge is 2.26.